The van der Waals surface area contributed by atoms with Crippen LogP contribution in [0.2, 0.25) is 0 Å². The van der Waals surface area contributed by atoms with Gasteiger partial charge in [0.1, 0.15) is 0 Å². The van der Waals surface area contributed by atoms with Crippen LogP contribution in [0.15, 0.2) is 58.2 Å². The number of rotatable bonds is 15. The Balaban J connectivity index is 2.15. The maximum Gasteiger partial charge on any atom is 0.0892 e. The van der Waals surface area contributed by atoms with Crippen LogP contribution in [-0.2, 0) is 4.74 Å². The Hall–Kier alpha value is -1.34. The Morgan fingerprint density at radius 1 is 0.581 bits per heavy atom. The molecule has 0 aromatic heterocycles. The topological polar surface area (TPSA) is 12.5 Å². The van der Waals surface area contributed by atoms with Gasteiger partial charge in [-0.3, -0.25) is 0 Å². The second-order valence-corrected chi connectivity index (χ2v) is 10.4. The zero-order valence-electron chi connectivity index (χ0n) is 21.9. The quantitative estimate of drug-likeness (QED) is 0.144. The third kappa shape index (κ3) is 14.4. The van der Waals surface area contributed by atoms with E-state index in [4.69, 9.17) is 4.74 Å². The summed E-state index contributed by atoms with van der Waals surface area (Å²) in [6.07, 6.45) is 24.3. The van der Waals surface area contributed by atoms with E-state index in [0.717, 1.165) is 12.8 Å². The molecule has 0 aliphatic carbocycles. The normalized spacial score (nSPS) is 19.5. The minimum atomic E-state index is 0.132. The summed E-state index contributed by atoms with van der Waals surface area (Å²) >= 11 is 0. The molecule has 31 heavy (non-hydrogen) atoms. The summed E-state index contributed by atoms with van der Waals surface area (Å²) < 4.78 is 5.68. The van der Waals surface area contributed by atoms with Crippen LogP contribution in [0.25, 0.3) is 0 Å². The predicted octanol–water partition coefficient (Wildman–Crippen LogP) is 9.82. The summed E-state index contributed by atoms with van der Waals surface area (Å²) in [5.74, 6) is 0. The molecule has 0 aromatic rings. The molecule has 0 radical (unpaired) electrons. The average molecular weight is 427 g/mol. The zero-order chi connectivity index (χ0) is 23.3. The van der Waals surface area contributed by atoms with Crippen molar-refractivity contribution in [1.82, 2.24) is 0 Å². The smallest absolute Gasteiger partial charge is 0.0892 e. The lowest BCUT2D eigenvalue weighted by atomic mass is 10.0. The first-order valence-electron chi connectivity index (χ1n) is 12.5. The largest absolute Gasteiger partial charge is 0.367 e. The van der Waals surface area contributed by atoms with E-state index in [1.165, 1.54) is 79.2 Å². The van der Waals surface area contributed by atoms with E-state index in [1.807, 2.05) is 0 Å². The standard InChI is InChI=1S/C30H50O/c1-24(2)14-11-17-27(5)20-12-18-25(3)15-9-10-16-26(4)19-13-21-28(6)22-23-29-30(7,8)31-29/h14-16,20-21,29H,9-13,17-19,22-23H2,1-8H3/b25-15+,26-16+,27-20+,28-21+/t29-/m0/s1. The van der Waals surface area contributed by atoms with Crippen molar-refractivity contribution in [1.29, 1.82) is 0 Å². The van der Waals surface area contributed by atoms with Gasteiger partial charge in [-0.2, -0.15) is 0 Å². The van der Waals surface area contributed by atoms with Crippen molar-refractivity contribution in [2.45, 2.75) is 131 Å². The van der Waals surface area contributed by atoms with Crippen molar-refractivity contribution in [3.63, 3.8) is 0 Å². The van der Waals surface area contributed by atoms with Crippen molar-refractivity contribution >= 4 is 0 Å². The van der Waals surface area contributed by atoms with Crippen LogP contribution in [0.3, 0.4) is 0 Å². The summed E-state index contributed by atoms with van der Waals surface area (Å²) in [6, 6.07) is 0. The molecule has 1 fully saturated rings. The van der Waals surface area contributed by atoms with Gasteiger partial charge < -0.3 is 4.74 Å². The minimum Gasteiger partial charge on any atom is -0.367 e. The lowest BCUT2D eigenvalue weighted by molar-refractivity contribution is 0.320. The summed E-state index contributed by atoms with van der Waals surface area (Å²) in [6.45, 7) is 17.8. The Morgan fingerprint density at radius 3 is 1.32 bits per heavy atom. The van der Waals surface area contributed by atoms with Gasteiger partial charge in [-0.1, -0.05) is 58.2 Å². The van der Waals surface area contributed by atoms with E-state index in [2.05, 4.69) is 85.8 Å². The van der Waals surface area contributed by atoms with Crippen molar-refractivity contribution in [2.24, 2.45) is 0 Å². The van der Waals surface area contributed by atoms with Crippen molar-refractivity contribution in [3.05, 3.63) is 58.2 Å². The first-order chi connectivity index (χ1) is 14.6. The molecule has 1 aliphatic rings. The number of ether oxygens (including phenoxy) is 1. The highest BCUT2D eigenvalue weighted by Gasteiger charge is 2.46. The van der Waals surface area contributed by atoms with Crippen molar-refractivity contribution < 1.29 is 4.74 Å². The lowest BCUT2D eigenvalue weighted by Gasteiger charge is -2.03. The molecule has 1 saturated heterocycles. The molecule has 176 valence electrons. The second-order valence-electron chi connectivity index (χ2n) is 10.4. The Bertz CT molecular complexity index is 677. The number of epoxide rings is 1. The molecule has 1 aliphatic heterocycles. The molecular formula is C30H50O. The highest BCUT2D eigenvalue weighted by Crippen LogP contribution is 2.38. The number of allylic oxidation sites excluding steroid dienone is 10. The fraction of sp³-hybridized carbons (Fsp3) is 0.667. The molecule has 1 heterocycles. The maximum atomic E-state index is 5.68. The Kier molecular flexibility index (Phi) is 13.1. The lowest BCUT2D eigenvalue weighted by Crippen LogP contribution is -2.02. The van der Waals surface area contributed by atoms with Crippen LogP contribution >= 0.6 is 0 Å². The van der Waals surface area contributed by atoms with Gasteiger partial charge in [0, 0.05) is 0 Å². The van der Waals surface area contributed by atoms with Gasteiger partial charge in [-0.25, -0.2) is 0 Å². The molecule has 0 spiro atoms. The van der Waals surface area contributed by atoms with Gasteiger partial charge in [0.05, 0.1) is 11.7 Å². The molecule has 0 N–H and O–H groups in total. The molecule has 0 amide bonds. The first kappa shape index (κ1) is 27.7. The number of unbranched alkanes of at least 4 members (excludes halogenated alkanes) is 1. The van der Waals surface area contributed by atoms with E-state index in [0.29, 0.717) is 6.10 Å². The summed E-state index contributed by atoms with van der Waals surface area (Å²) in [5, 5.41) is 0. The molecule has 0 unspecified atom stereocenters. The van der Waals surface area contributed by atoms with Crippen LogP contribution < -0.4 is 0 Å². The highest BCUT2D eigenvalue weighted by atomic mass is 16.6. The predicted molar refractivity (Wildman–Crippen MR) is 140 cm³/mol. The number of hydrogen-bond acceptors (Lipinski definition) is 1. The Labute approximate surface area is 194 Å². The summed E-state index contributed by atoms with van der Waals surface area (Å²) in [5.41, 5.74) is 7.65. The monoisotopic (exact) mass is 426 g/mol. The van der Waals surface area contributed by atoms with Crippen molar-refractivity contribution in [3.8, 4) is 0 Å². The van der Waals surface area contributed by atoms with Gasteiger partial charge in [0.25, 0.3) is 0 Å². The molecule has 1 rings (SSSR count). The van der Waals surface area contributed by atoms with Crippen molar-refractivity contribution in [2.75, 3.05) is 0 Å². The van der Waals surface area contributed by atoms with E-state index in [9.17, 15) is 0 Å². The second kappa shape index (κ2) is 14.7. The molecule has 1 nitrogen and oxygen atoms in total. The van der Waals surface area contributed by atoms with Crippen LogP contribution in [0.5, 0.6) is 0 Å². The van der Waals surface area contributed by atoms with E-state index in [-0.39, 0.29) is 5.60 Å². The summed E-state index contributed by atoms with van der Waals surface area (Å²) in [7, 11) is 0. The molecule has 0 saturated carbocycles. The van der Waals surface area contributed by atoms with Gasteiger partial charge in [-0.15, -0.1) is 0 Å². The zero-order valence-corrected chi connectivity index (χ0v) is 21.9. The maximum absolute atomic E-state index is 5.68. The van der Waals surface area contributed by atoms with E-state index in [1.54, 1.807) is 0 Å². The number of hydrogen-bond donors (Lipinski definition) is 0. The SMILES string of the molecule is CC(C)=CCC/C(C)=C/CC/C(C)=C/CC/C=C(\C)CC/C=C(\C)CC[C@@H]1OC1(C)C. The van der Waals surface area contributed by atoms with Crippen LogP contribution in [0.4, 0.5) is 0 Å². The third-order valence-electron chi connectivity index (χ3n) is 6.27. The Morgan fingerprint density at radius 2 is 0.935 bits per heavy atom. The minimum absolute atomic E-state index is 0.132. The summed E-state index contributed by atoms with van der Waals surface area (Å²) in [4.78, 5) is 0. The van der Waals surface area contributed by atoms with E-state index >= 15 is 0 Å². The molecule has 1 heteroatoms. The fourth-order valence-corrected chi connectivity index (χ4v) is 3.85. The van der Waals surface area contributed by atoms with E-state index < -0.39 is 0 Å². The molecule has 1 atom stereocenters. The van der Waals surface area contributed by atoms with Crippen LogP contribution in [0, 0.1) is 0 Å². The van der Waals surface area contributed by atoms with Gasteiger partial charge in [-0.05, 0) is 120 Å². The molecule has 0 bridgehead atoms. The fourth-order valence-electron chi connectivity index (χ4n) is 3.85. The van der Waals surface area contributed by atoms with Crippen LogP contribution in [-0.4, -0.2) is 11.7 Å². The highest BCUT2D eigenvalue weighted by molar-refractivity contribution is 5.08. The average Bonchev–Trinajstić information content (AvgIpc) is 3.30. The molecule has 0 aromatic carbocycles. The van der Waals surface area contributed by atoms with Gasteiger partial charge in [0.2, 0.25) is 0 Å². The third-order valence-corrected chi connectivity index (χ3v) is 6.27. The van der Waals surface area contributed by atoms with Gasteiger partial charge in [0.15, 0.2) is 0 Å². The van der Waals surface area contributed by atoms with Gasteiger partial charge >= 0.3 is 0 Å². The first-order valence-corrected chi connectivity index (χ1v) is 12.5. The molecular weight excluding hydrogens is 376 g/mol. The van der Waals surface area contributed by atoms with Crippen LogP contribution in [0.1, 0.15) is 120 Å².